The minimum absolute atomic E-state index is 0.139. The smallest absolute Gasteiger partial charge is 0.251 e. The van der Waals surface area contributed by atoms with E-state index < -0.39 is 0 Å². The number of amides is 2. The highest BCUT2D eigenvalue weighted by atomic mass is 16.7. The molecular weight excluding hydrogens is 348 g/mol. The Balaban J connectivity index is 1.34. The van der Waals surface area contributed by atoms with Crippen molar-refractivity contribution >= 4 is 17.5 Å². The molecule has 1 aliphatic heterocycles. The van der Waals surface area contributed by atoms with Crippen LogP contribution in [0.2, 0.25) is 0 Å². The Bertz CT molecular complexity index is 985. The molecule has 2 aromatic carbocycles. The van der Waals surface area contributed by atoms with Crippen LogP contribution in [-0.2, 0) is 4.79 Å². The van der Waals surface area contributed by atoms with Gasteiger partial charge in [0.05, 0.1) is 12.2 Å². The van der Waals surface area contributed by atoms with E-state index in [4.69, 9.17) is 9.47 Å². The number of carbonyl (C=O) groups excluding carboxylic acids is 2. The lowest BCUT2D eigenvalue weighted by Crippen LogP contribution is -2.32. The third-order valence-corrected chi connectivity index (χ3v) is 3.94. The van der Waals surface area contributed by atoms with Gasteiger partial charge in [-0.1, -0.05) is 6.07 Å². The molecule has 1 aliphatic rings. The molecular formula is C19H16N4O4. The number of fused-ring (bicyclic) bond motifs is 1. The first-order chi connectivity index (χ1) is 13.2. The molecule has 0 aliphatic carbocycles. The highest BCUT2D eigenvalue weighted by molar-refractivity contribution is 5.99. The maximum Gasteiger partial charge on any atom is 0.251 e. The summed E-state index contributed by atoms with van der Waals surface area (Å²) in [6.45, 7) is -0.0142. The normalized spacial score (nSPS) is 11.9. The predicted octanol–water partition coefficient (Wildman–Crippen LogP) is 1.97. The zero-order valence-electron chi connectivity index (χ0n) is 14.2. The quantitative estimate of drug-likeness (QED) is 0.722. The topological polar surface area (TPSA) is 94.5 Å². The van der Waals surface area contributed by atoms with Gasteiger partial charge >= 0.3 is 0 Å². The molecule has 2 N–H and O–H groups in total. The number of anilines is 1. The number of rotatable bonds is 5. The maximum absolute atomic E-state index is 12.2. The summed E-state index contributed by atoms with van der Waals surface area (Å²) in [7, 11) is 0. The summed E-state index contributed by atoms with van der Waals surface area (Å²) < 4.78 is 12.1. The van der Waals surface area contributed by atoms with E-state index in [2.05, 4.69) is 15.7 Å². The van der Waals surface area contributed by atoms with Gasteiger partial charge in [-0.05, 0) is 42.5 Å². The van der Waals surface area contributed by atoms with Crippen LogP contribution >= 0.6 is 0 Å². The van der Waals surface area contributed by atoms with E-state index in [0.717, 1.165) is 5.69 Å². The van der Waals surface area contributed by atoms with Crippen LogP contribution in [0.15, 0.2) is 60.9 Å². The molecule has 0 saturated heterocycles. The summed E-state index contributed by atoms with van der Waals surface area (Å²) >= 11 is 0. The second-order valence-corrected chi connectivity index (χ2v) is 5.80. The Morgan fingerprint density at radius 2 is 1.96 bits per heavy atom. The van der Waals surface area contributed by atoms with Gasteiger partial charge in [0.15, 0.2) is 11.5 Å². The first-order valence-electron chi connectivity index (χ1n) is 8.27. The fourth-order valence-electron chi connectivity index (χ4n) is 2.65. The first-order valence-corrected chi connectivity index (χ1v) is 8.27. The van der Waals surface area contributed by atoms with Crippen molar-refractivity contribution in [1.82, 2.24) is 15.1 Å². The Morgan fingerprint density at radius 1 is 1.07 bits per heavy atom. The summed E-state index contributed by atoms with van der Waals surface area (Å²) in [5, 5.41) is 9.49. The maximum atomic E-state index is 12.2. The number of benzene rings is 2. The Labute approximate surface area is 154 Å². The number of hydrogen-bond donors (Lipinski definition) is 2. The van der Waals surface area contributed by atoms with Crippen molar-refractivity contribution < 1.29 is 19.1 Å². The van der Waals surface area contributed by atoms with Crippen molar-refractivity contribution in [2.45, 2.75) is 0 Å². The van der Waals surface area contributed by atoms with E-state index in [1.807, 2.05) is 24.4 Å². The molecule has 0 radical (unpaired) electrons. The molecule has 0 saturated carbocycles. The van der Waals surface area contributed by atoms with Gasteiger partial charge in [-0.3, -0.25) is 9.59 Å². The van der Waals surface area contributed by atoms with E-state index in [1.54, 1.807) is 41.2 Å². The summed E-state index contributed by atoms with van der Waals surface area (Å²) in [5.41, 5.74) is 1.83. The minimum Gasteiger partial charge on any atom is -0.454 e. The molecule has 3 aromatic rings. The van der Waals surface area contributed by atoms with Gasteiger partial charge in [0.25, 0.3) is 5.91 Å². The monoisotopic (exact) mass is 364 g/mol. The Kier molecular flexibility index (Phi) is 4.44. The van der Waals surface area contributed by atoms with Gasteiger partial charge in [-0.25, -0.2) is 4.68 Å². The lowest BCUT2D eigenvalue weighted by molar-refractivity contribution is -0.115. The highest BCUT2D eigenvalue weighted by Gasteiger charge is 2.16. The fourth-order valence-corrected chi connectivity index (χ4v) is 2.65. The molecule has 136 valence electrons. The van der Waals surface area contributed by atoms with Crippen LogP contribution in [-0.4, -0.2) is 34.9 Å². The standard InChI is InChI=1S/C19H16N4O4/c24-18(22-14-3-1-4-15(10-14)23-8-2-7-21-23)11-20-19(25)13-5-6-16-17(9-13)27-12-26-16/h1-10H,11-12H2,(H,20,25)(H,22,24). The summed E-state index contributed by atoms with van der Waals surface area (Å²) in [5.74, 6) is 0.416. The average Bonchev–Trinajstić information content (AvgIpc) is 3.37. The Hall–Kier alpha value is -3.81. The van der Waals surface area contributed by atoms with E-state index >= 15 is 0 Å². The van der Waals surface area contributed by atoms with Crippen LogP contribution < -0.4 is 20.1 Å². The third-order valence-electron chi connectivity index (χ3n) is 3.94. The lowest BCUT2D eigenvalue weighted by atomic mass is 10.2. The van der Waals surface area contributed by atoms with Gasteiger partial charge in [0.2, 0.25) is 12.7 Å². The van der Waals surface area contributed by atoms with Crippen molar-refractivity contribution in [3.63, 3.8) is 0 Å². The number of nitrogens with zero attached hydrogens (tertiary/aromatic N) is 2. The average molecular weight is 364 g/mol. The van der Waals surface area contributed by atoms with Crippen molar-refractivity contribution in [2.75, 3.05) is 18.7 Å². The fraction of sp³-hybridized carbons (Fsp3) is 0.105. The molecule has 8 nitrogen and oxygen atoms in total. The van der Waals surface area contributed by atoms with Crippen LogP contribution in [0.4, 0.5) is 5.69 Å². The lowest BCUT2D eigenvalue weighted by Gasteiger charge is -2.09. The summed E-state index contributed by atoms with van der Waals surface area (Å²) in [6.07, 6.45) is 3.49. The molecule has 2 amide bonds. The van der Waals surface area contributed by atoms with Gasteiger partial charge in [-0.2, -0.15) is 5.10 Å². The molecule has 8 heteroatoms. The second kappa shape index (κ2) is 7.20. The zero-order valence-corrected chi connectivity index (χ0v) is 14.2. The highest BCUT2D eigenvalue weighted by Crippen LogP contribution is 2.32. The van der Waals surface area contributed by atoms with Crippen LogP contribution in [0.1, 0.15) is 10.4 Å². The molecule has 4 rings (SSSR count). The van der Waals surface area contributed by atoms with E-state index in [9.17, 15) is 9.59 Å². The van der Waals surface area contributed by atoms with Crippen LogP contribution in [0.3, 0.4) is 0 Å². The molecule has 1 aromatic heterocycles. The molecule has 0 unspecified atom stereocenters. The summed E-state index contributed by atoms with van der Waals surface area (Å²) in [4.78, 5) is 24.4. The van der Waals surface area contributed by atoms with Gasteiger partial charge < -0.3 is 20.1 Å². The van der Waals surface area contributed by atoms with Crippen LogP contribution in [0.5, 0.6) is 11.5 Å². The summed E-state index contributed by atoms with van der Waals surface area (Å²) in [6, 6.07) is 13.9. The minimum atomic E-state index is -0.367. The van der Waals surface area contributed by atoms with Crippen molar-refractivity contribution in [2.24, 2.45) is 0 Å². The van der Waals surface area contributed by atoms with Gasteiger partial charge in [0.1, 0.15) is 0 Å². The molecule has 0 spiro atoms. The van der Waals surface area contributed by atoms with Gasteiger partial charge in [0, 0.05) is 23.6 Å². The molecule has 27 heavy (non-hydrogen) atoms. The molecule has 0 atom stereocenters. The van der Waals surface area contributed by atoms with E-state index in [0.29, 0.717) is 22.7 Å². The van der Waals surface area contributed by atoms with E-state index in [-0.39, 0.29) is 25.2 Å². The number of aromatic nitrogens is 2. The SMILES string of the molecule is O=C(CNC(=O)c1ccc2c(c1)OCO2)Nc1cccc(-n2cccn2)c1. The predicted molar refractivity (Wildman–Crippen MR) is 97.1 cm³/mol. The van der Waals surface area contributed by atoms with Crippen molar-refractivity contribution in [3.05, 3.63) is 66.5 Å². The van der Waals surface area contributed by atoms with Crippen molar-refractivity contribution in [1.29, 1.82) is 0 Å². The zero-order chi connectivity index (χ0) is 18.6. The Morgan fingerprint density at radius 3 is 2.81 bits per heavy atom. The van der Waals surface area contributed by atoms with Crippen LogP contribution in [0, 0.1) is 0 Å². The van der Waals surface area contributed by atoms with Crippen LogP contribution in [0.25, 0.3) is 5.69 Å². The second-order valence-electron chi connectivity index (χ2n) is 5.80. The van der Waals surface area contributed by atoms with Gasteiger partial charge in [-0.15, -0.1) is 0 Å². The number of ether oxygens (including phenoxy) is 2. The molecule has 0 fully saturated rings. The van der Waals surface area contributed by atoms with E-state index in [1.165, 1.54) is 0 Å². The first kappa shape index (κ1) is 16.6. The third kappa shape index (κ3) is 3.74. The number of hydrogen-bond acceptors (Lipinski definition) is 5. The molecule has 0 bridgehead atoms. The largest absolute Gasteiger partial charge is 0.454 e. The number of carbonyl (C=O) groups is 2. The number of nitrogens with one attached hydrogen (secondary N) is 2. The molecule has 2 heterocycles. The van der Waals surface area contributed by atoms with Crippen molar-refractivity contribution in [3.8, 4) is 17.2 Å².